The van der Waals surface area contributed by atoms with Gasteiger partial charge < -0.3 is 5.11 Å². The topological polar surface area (TPSA) is 75.6 Å². The third-order valence-corrected chi connectivity index (χ3v) is 3.32. The van der Waals surface area contributed by atoms with Gasteiger partial charge in [-0.3, -0.25) is 9.63 Å². The van der Waals surface area contributed by atoms with E-state index in [1.807, 2.05) is 23.7 Å². The number of hydroxylamine groups is 1. The van der Waals surface area contributed by atoms with Gasteiger partial charge in [-0.2, -0.15) is 0 Å². The monoisotopic (exact) mass is 289 g/mol. The number of amides is 1. The number of aliphatic carboxylic acids is 1. The van der Waals surface area contributed by atoms with Crippen LogP contribution in [-0.4, -0.2) is 29.3 Å². The number of rotatable bonds is 7. The van der Waals surface area contributed by atoms with E-state index in [0.29, 0.717) is 10.8 Å². The Labute approximate surface area is 113 Å². The molecule has 0 aliphatic heterocycles. The van der Waals surface area contributed by atoms with Crippen molar-refractivity contribution in [3.63, 3.8) is 0 Å². The summed E-state index contributed by atoms with van der Waals surface area (Å²) in [6, 6.07) is 7.34. The highest BCUT2D eigenvalue weighted by Gasteiger charge is 2.05. The fourth-order valence-electron chi connectivity index (χ4n) is 1.04. The molecule has 0 atom stereocenters. The van der Waals surface area contributed by atoms with Crippen molar-refractivity contribution < 1.29 is 19.5 Å². The molecule has 0 aliphatic carbocycles. The minimum atomic E-state index is -1.14. The fraction of sp³-hybridized carbons (Fsp3) is 0.273. The van der Waals surface area contributed by atoms with Crippen LogP contribution in [0.5, 0.6) is 0 Å². The Morgan fingerprint density at radius 1 is 1.39 bits per heavy atom. The second kappa shape index (κ2) is 7.97. The molecule has 0 aromatic heterocycles. The van der Waals surface area contributed by atoms with Crippen LogP contribution in [0, 0.1) is 0 Å². The zero-order valence-electron chi connectivity index (χ0n) is 9.39. The summed E-state index contributed by atoms with van der Waals surface area (Å²) in [6.07, 6.45) is 0.218. The summed E-state index contributed by atoms with van der Waals surface area (Å²) in [4.78, 5) is 26.7. The molecule has 2 N–H and O–H groups in total. The lowest BCUT2D eigenvalue weighted by molar-refractivity contribution is -0.149. The number of nitrogens with one attached hydrogen (secondary N) is 1. The van der Waals surface area contributed by atoms with Crippen LogP contribution in [0.3, 0.4) is 0 Å². The minimum Gasteiger partial charge on any atom is -0.479 e. The Bertz CT molecular complexity index is 427. The highest BCUT2D eigenvalue weighted by atomic mass is 35.5. The van der Waals surface area contributed by atoms with Gasteiger partial charge in [0.05, 0.1) is 5.02 Å². The summed E-state index contributed by atoms with van der Waals surface area (Å²) in [5, 5.41) is 8.93. The highest BCUT2D eigenvalue weighted by molar-refractivity contribution is 7.99. The van der Waals surface area contributed by atoms with E-state index in [2.05, 4.69) is 4.84 Å². The van der Waals surface area contributed by atoms with Gasteiger partial charge >= 0.3 is 5.97 Å². The van der Waals surface area contributed by atoms with Crippen LogP contribution in [0.4, 0.5) is 0 Å². The Balaban J connectivity index is 2.20. The van der Waals surface area contributed by atoms with Crippen molar-refractivity contribution in [2.45, 2.75) is 11.3 Å². The predicted molar refractivity (Wildman–Crippen MR) is 68.5 cm³/mol. The average Bonchev–Trinajstić information content (AvgIpc) is 2.31. The molecule has 1 amide bonds. The quantitative estimate of drug-likeness (QED) is 0.593. The van der Waals surface area contributed by atoms with Crippen molar-refractivity contribution in [2.75, 3.05) is 12.4 Å². The molecule has 0 radical (unpaired) electrons. The number of thioether (sulfide) groups is 1. The number of hydrogen-bond acceptors (Lipinski definition) is 4. The molecule has 0 saturated carbocycles. The van der Waals surface area contributed by atoms with Crippen molar-refractivity contribution in [1.29, 1.82) is 0 Å². The van der Waals surface area contributed by atoms with Crippen molar-refractivity contribution in [3.05, 3.63) is 29.3 Å². The van der Waals surface area contributed by atoms with Gasteiger partial charge in [0.15, 0.2) is 6.61 Å². The maximum atomic E-state index is 11.2. The van der Waals surface area contributed by atoms with Gasteiger partial charge in [0, 0.05) is 17.1 Å². The molecule has 7 heteroatoms. The van der Waals surface area contributed by atoms with Crippen LogP contribution >= 0.6 is 23.4 Å². The van der Waals surface area contributed by atoms with E-state index < -0.39 is 12.6 Å². The van der Waals surface area contributed by atoms with E-state index in [4.69, 9.17) is 16.7 Å². The van der Waals surface area contributed by atoms with Crippen molar-refractivity contribution in [3.8, 4) is 0 Å². The summed E-state index contributed by atoms with van der Waals surface area (Å²) in [5.41, 5.74) is 2.05. The van der Waals surface area contributed by atoms with E-state index in [0.717, 1.165) is 4.90 Å². The van der Waals surface area contributed by atoms with Crippen molar-refractivity contribution in [2.24, 2.45) is 0 Å². The van der Waals surface area contributed by atoms with Crippen molar-refractivity contribution >= 4 is 35.2 Å². The zero-order chi connectivity index (χ0) is 13.4. The van der Waals surface area contributed by atoms with Crippen molar-refractivity contribution in [1.82, 2.24) is 5.48 Å². The Morgan fingerprint density at radius 3 is 2.78 bits per heavy atom. The fourth-order valence-corrected chi connectivity index (χ4v) is 2.23. The number of carboxylic acid groups (broad SMARTS) is 1. The molecule has 0 bridgehead atoms. The Kier molecular flexibility index (Phi) is 6.56. The summed E-state index contributed by atoms with van der Waals surface area (Å²) in [5.74, 6) is -0.969. The summed E-state index contributed by atoms with van der Waals surface area (Å²) >= 11 is 7.40. The first kappa shape index (κ1) is 14.8. The van der Waals surface area contributed by atoms with Crippen LogP contribution in [0.1, 0.15) is 6.42 Å². The average molecular weight is 290 g/mol. The first-order valence-electron chi connectivity index (χ1n) is 5.09. The molecule has 5 nitrogen and oxygen atoms in total. The van der Waals surface area contributed by atoms with Gasteiger partial charge in [0.1, 0.15) is 0 Å². The molecule has 1 rings (SSSR count). The number of benzene rings is 1. The molecule has 0 heterocycles. The first-order valence-corrected chi connectivity index (χ1v) is 6.45. The van der Waals surface area contributed by atoms with Crippen LogP contribution < -0.4 is 5.48 Å². The first-order chi connectivity index (χ1) is 8.59. The number of carbonyl (C=O) groups is 2. The second-order valence-corrected chi connectivity index (χ2v) is 4.78. The van der Waals surface area contributed by atoms with E-state index >= 15 is 0 Å². The molecule has 98 valence electrons. The molecule has 18 heavy (non-hydrogen) atoms. The molecule has 0 unspecified atom stereocenters. The number of halogens is 1. The minimum absolute atomic E-state index is 0.218. The Morgan fingerprint density at radius 2 is 2.11 bits per heavy atom. The summed E-state index contributed by atoms with van der Waals surface area (Å²) in [6.45, 7) is -0.552. The predicted octanol–water partition coefficient (Wildman–Crippen LogP) is 1.95. The zero-order valence-corrected chi connectivity index (χ0v) is 11.0. The number of hydrogen-bond donors (Lipinski definition) is 2. The Hall–Kier alpha value is -1.24. The van der Waals surface area contributed by atoms with Crippen LogP contribution in [0.2, 0.25) is 5.02 Å². The van der Waals surface area contributed by atoms with E-state index in [1.54, 1.807) is 6.07 Å². The molecular formula is C11H12ClNO4S. The standard InChI is InChI=1S/C11H12ClNO4S/c12-8-3-1-2-4-9(8)18-6-5-10(14)13-17-7-11(15)16/h1-4H,5-7H2,(H,13,14)(H,15,16). The molecule has 1 aromatic rings. The van der Waals surface area contributed by atoms with Gasteiger partial charge in [0.25, 0.3) is 0 Å². The van der Waals surface area contributed by atoms with Gasteiger partial charge in [-0.1, -0.05) is 23.7 Å². The SMILES string of the molecule is O=C(O)CONC(=O)CCSc1ccccc1Cl. The molecule has 0 aliphatic rings. The molecule has 0 spiro atoms. The normalized spacial score (nSPS) is 10.1. The van der Waals surface area contributed by atoms with Gasteiger partial charge in [-0.25, -0.2) is 10.3 Å². The number of carboxylic acids is 1. The maximum Gasteiger partial charge on any atom is 0.332 e. The highest BCUT2D eigenvalue weighted by Crippen LogP contribution is 2.26. The van der Waals surface area contributed by atoms with Gasteiger partial charge in [0.2, 0.25) is 5.91 Å². The third kappa shape index (κ3) is 5.90. The molecule has 1 aromatic carbocycles. The van der Waals surface area contributed by atoms with Crippen LogP contribution in [-0.2, 0) is 14.4 Å². The summed E-state index contributed by atoms with van der Waals surface area (Å²) < 4.78 is 0. The lowest BCUT2D eigenvalue weighted by Gasteiger charge is -2.05. The molecule has 0 saturated heterocycles. The van der Waals surface area contributed by atoms with Crippen LogP contribution in [0.15, 0.2) is 29.2 Å². The van der Waals surface area contributed by atoms with Gasteiger partial charge in [-0.05, 0) is 12.1 Å². The summed E-state index contributed by atoms with van der Waals surface area (Å²) in [7, 11) is 0. The van der Waals surface area contributed by atoms with E-state index in [-0.39, 0.29) is 12.3 Å². The molecule has 0 fully saturated rings. The lowest BCUT2D eigenvalue weighted by atomic mass is 10.4. The number of carbonyl (C=O) groups excluding carboxylic acids is 1. The lowest BCUT2D eigenvalue weighted by Crippen LogP contribution is -2.26. The largest absolute Gasteiger partial charge is 0.479 e. The molecular weight excluding hydrogens is 278 g/mol. The maximum absolute atomic E-state index is 11.2. The van der Waals surface area contributed by atoms with Gasteiger partial charge in [-0.15, -0.1) is 11.8 Å². The smallest absolute Gasteiger partial charge is 0.332 e. The van der Waals surface area contributed by atoms with Crippen LogP contribution in [0.25, 0.3) is 0 Å². The van der Waals surface area contributed by atoms with E-state index in [9.17, 15) is 9.59 Å². The third-order valence-electron chi connectivity index (χ3n) is 1.80. The van der Waals surface area contributed by atoms with E-state index in [1.165, 1.54) is 11.8 Å². The second-order valence-electron chi connectivity index (χ2n) is 3.24.